The Hall–Kier alpha value is 0.650. The normalized spacial score (nSPS) is 38.8. The Morgan fingerprint density at radius 2 is 1.92 bits per heavy atom. The first-order valence-corrected chi connectivity index (χ1v) is 6.08. The molecule has 2 nitrogen and oxygen atoms in total. The molecule has 2 saturated heterocycles. The Bertz CT molecular complexity index is 163. The number of hydrogen-bond acceptors (Lipinski definition) is 2. The van der Waals surface area contributed by atoms with E-state index in [2.05, 4.69) is 32.8 Å². The first-order chi connectivity index (χ1) is 5.81. The van der Waals surface area contributed by atoms with Gasteiger partial charge in [0.1, 0.15) is 3.67 Å². The number of alkyl halides is 1. The molecule has 2 aliphatic heterocycles. The molecule has 1 atom stereocenters. The smallest absolute Gasteiger partial charge is 0.124 e. The van der Waals surface area contributed by atoms with E-state index in [1.807, 2.05) is 0 Å². The molecule has 0 amide bonds. The molecule has 12 heavy (non-hydrogen) atoms. The zero-order valence-corrected chi connectivity index (χ0v) is 9.64. The summed E-state index contributed by atoms with van der Waals surface area (Å²) in [6, 6.07) is 0. The van der Waals surface area contributed by atoms with Gasteiger partial charge in [0.15, 0.2) is 0 Å². The van der Waals surface area contributed by atoms with E-state index in [1.54, 1.807) is 0 Å². The second-order valence-electron chi connectivity index (χ2n) is 3.84. The highest BCUT2D eigenvalue weighted by atomic mass is 127. The lowest BCUT2D eigenvalue weighted by Gasteiger charge is -2.43. The Labute approximate surface area is 88.2 Å². The minimum absolute atomic E-state index is 0.312. The van der Waals surface area contributed by atoms with Crippen LogP contribution in [0.2, 0.25) is 0 Å². The van der Waals surface area contributed by atoms with Crippen LogP contribution in [0.1, 0.15) is 32.1 Å². The molecule has 2 heterocycles. The number of rotatable bonds is 0. The number of fused-ring (bicyclic) bond motifs is 1. The highest BCUT2D eigenvalue weighted by Crippen LogP contribution is 2.32. The quantitative estimate of drug-likeness (QED) is 0.414. The van der Waals surface area contributed by atoms with E-state index >= 15 is 0 Å². The lowest BCUT2D eigenvalue weighted by Crippen LogP contribution is -2.58. The van der Waals surface area contributed by atoms with Crippen LogP contribution >= 0.6 is 22.6 Å². The van der Waals surface area contributed by atoms with E-state index in [0.29, 0.717) is 3.67 Å². The van der Waals surface area contributed by atoms with Crippen molar-refractivity contribution in [1.82, 2.24) is 10.2 Å². The third-order valence-corrected chi connectivity index (χ3v) is 4.54. The van der Waals surface area contributed by atoms with Crippen LogP contribution in [0.5, 0.6) is 0 Å². The standard InChI is InChI=1S/C9H17IN2/c10-9-5-2-1-3-7-12(9)8-4-6-11-9/h11H,1-8H2/t9-/m0/s1. The highest BCUT2D eigenvalue weighted by molar-refractivity contribution is 14.1. The topological polar surface area (TPSA) is 15.3 Å². The van der Waals surface area contributed by atoms with Gasteiger partial charge in [-0.3, -0.25) is 10.2 Å². The molecule has 0 aromatic rings. The van der Waals surface area contributed by atoms with E-state index in [0.717, 1.165) is 0 Å². The monoisotopic (exact) mass is 280 g/mol. The van der Waals surface area contributed by atoms with Crippen molar-refractivity contribution in [2.75, 3.05) is 19.6 Å². The summed E-state index contributed by atoms with van der Waals surface area (Å²) in [5.41, 5.74) is 0. The van der Waals surface area contributed by atoms with E-state index in [-0.39, 0.29) is 0 Å². The first-order valence-electron chi connectivity index (χ1n) is 5.00. The fourth-order valence-electron chi connectivity index (χ4n) is 2.21. The predicted molar refractivity (Wildman–Crippen MR) is 59.4 cm³/mol. The van der Waals surface area contributed by atoms with Gasteiger partial charge < -0.3 is 0 Å². The summed E-state index contributed by atoms with van der Waals surface area (Å²) in [5.74, 6) is 0. The molecule has 70 valence electrons. The van der Waals surface area contributed by atoms with Crippen molar-refractivity contribution in [3.8, 4) is 0 Å². The fraction of sp³-hybridized carbons (Fsp3) is 1.00. The molecular weight excluding hydrogens is 263 g/mol. The molecule has 2 aliphatic rings. The van der Waals surface area contributed by atoms with Crippen LogP contribution in [-0.4, -0.2) is 28.2 Å². The summed E-state index contributed by atoms with van der Waals surface area (Å²) in [4.78, 5) is 2.63. The molecule has 0 aromatic heterocycles. The molecule has 0 aromatic carbocycles. The van der Waals surface area contributed by atoms with Gasteiger partial charge in [0.2, 0.25) is 0 Å². The number of hydrogen-bond donors (Lipinski definition) is 1. The maximum absolute atomic E-state index is 3.65. The summed E-state index contributed by atoms with van der Waals surface area (Å²) in [6.07, 6.45) is 6.86. The van der Waals surface area contributed by atoms with Crippen molar-refractivity contribution in [3.05, 3.63) is 0 Å². The summed E-state index contributed by atoms with van der Waals surface area (Å²) in [5, 5.41) is 3.65. The van der Waals surface area contributed by atoms with Crippen LogP contribution in [0.15, 0.2) is 0 Å². The lowest BCUT2D eigenvalue weighted by molar-refractivity contribution is 0.120. The molecule has 3 heteroatoms. The van der Waals surface area contributed by atoms with Gasteiger partial charge in [-0.2, -0.15) is 0 Å². The van der Waals surface area contributed by atoms with E-state index in [4.69, 9.17) is 0 Å². The highest BCUT2D eigenvalue weighted by Gasteiger charge is 2.36. The average molecular weight is 280 g/mol. The zero-order chi connectivity index (χ0) is 8.44. The number of nitrogens with one attached hydrogen (secondary N) is 1. The Morgan fingerprint density at radius 3 is 2.83 bits per heavy atom. The van der Waals surface area contributed by atoms with Gasteiger partial charge in [-0.15, -0.1) is 0 Å². The molecule has 2 rings (SSSR count). The van der Waals surface area contributed by atoms with E-state index in [9.17, 15) is 0 Å². The molecule has 0 unspecified atom stereocenters. The summed E-state index contributed by atoms with van der Waals surface area (Å²) in [7, 11) is 0. The summed E-state index contributed by atoms with van der Waals surface area (Å²) in [6.45, 7) is 3.81. The summed E-state index contributed by atoms with van der Waals surface area (Å²) < 4.78 is 0.312. The number of halogens is 1. The van der Waals surface area contributed by atoms with Crippen LogP contribution in [0.3, 0.4) is 0 Å². The Kier molecular flexibility index (Phi) is 2.92. The zero-order valence-electron chi connectivity index (χ0n) is 7.48. The van der Waals surface area contributed by atoms with Crippen molar-refractivity contribution in [1.29, 1.82) is 0 Å². The fourth-order valence-corrected chi connectivity index (χ4v) is 3.35. The van der Waals surface area contributed by atoms with Gasteiger partial charge in [0.05, 0.1) is 0 Å². The molecule has 2 fully saturated rings. The summed E-state index contributed by atoms with van der Waals surface area (Å²) >= 11 is 2.61. The van der Waals surface area contributed by atoms with Crippen LogP contribution in [0.25, 0.3) is 0 Å². The molecule has 0 bridgehead atoms. The molecule has 0 aliphatic carbocycles. The van der Waals surface area contributed by atoms with Gasteiger partial charge in [0, 0.05) is 13.1 Å². The Morgan fingerprint density at radius 1 is 1.08 bits per heavy atom. The van der Waals surface area contributed by atoms with Crippen molar-refractivity contribution < 1.29 is 0 Å². The minimum atomic E-state index is 0.312. The van der Waals surface area contributed by atoms with Crippen LogP contribution in [0, 0.1) is 0 Å². The first kappa shape index (κ1) is 9.21. The molecule has 0 radical (unpaired) electrons. The van der Waals surface area contributed by atoms with Crippen LogP contribution in [-0.2, 0) is 0 Å². The molecule has 0 saturated carbocycles. The van der Waals surface area contributed by atoms with Gasteiger partial charge in [-0.25, -0.2) is 0 Å². The molecular formula is C9H17IN2. The molecule has 1 N–H and O–H groups in total. The van der Waals surface area contributed by atoms with Crippen molar-refractivity contribution >= 4 is 22.6 Å². The predicted octanol–water partition coefficient (Wildman–Crippen LogP) is 1.94. The maximum atomic E-state index is 3.65. The SMILES string of the molecule is I[C@]12CCCCCN1CCCN2. The van der Waals surface area contributed by atoms with Crippen molar-refractivity contribution in [2.24, 2.45) is 0 Å². The molecule has 0 spiro atoms. The van der Waals surface area contributed by atoms with E-state index in [1.165, 1.54) is 51.7 Å². The Balaban J connectivity index is 2.07. The van der Waals surface area contributed by atoms with Crippen molar-refractivity contribution in [3.63, 3.8) is 0 Å². The lowest BCUT2D eigenvalue weighted by atomic mass is 10.2. The number of nitrogens with zero attached hydrogens (tertiary/aromatic N) is 1. The maximum Gasteiger partial charge on any atom is 0.124 e. The van der Waals surface area contributed by atoms with Gasteiger partial charge >= 0.3 is 0 Å². The largest absolute Gasteiger partial charge is 0.291 e. The van der Waals surface area contributed by atoms with Crippen LogP contribution in [0.4, 0.5) is 0 Å². The average Bonchev–Trinajstić information content (AvgIpc) is 2.25. The second kappa shape index (κ2) is 3.80. The third-order valence-electron chi connectivity index (χ3n) is 2.94. The second-order valence-corrected chi connectivity index (χ2v) is 5.62. The van der Waals surface area contributed by atoms with Crippen LogP contribution < -0.4 is 5.32 Å². The minimum Gasteiger partial charge on any atom is -0.291 e. The van der Waals surface area contributed by atoms with Gasteiger partial charge in [0.25, 0.3) is 0 Å². The third kappa shape index (κ3) is 1.77. The van der Waals surface area contributed by atoms with Crippen molar-refractivity contribution in [2.45, 2.75) is 35.8 Å². The van der Waals surface area contributed by atoms with Gasteiger partial charge in [-0.05, 0) is 54.8 Å². The van der Waals surface area contributed by atoms with E-state index < -0.39 is 0 Å². The van der Waals surface area contributed by atoms with Gasteiger partial charge in [-0.1, -0.05) is 6.42 Å².